The van der Waals surface area contributed by atoms with Gasteiger partial charge in [-0.3, -0.25) is 0 Å². The monoisotopic (exact) mass is 918 g/mol. The van der Waals surface area contributed by atoms with Crippen LogP contribution in [0.3, 0.4) is 0 Å². The molecule has 5 aliphatic heterocycles. The molecule has 9 rings (SSSR count). The Bertz CT molecular complexity index is 1630. The van der Waals surface area contributed by atoms with Crippen LogP contribution in [0.5, 0.6) is 0 Å². The van der Waals surface area contributed by atoms with Gasteiger partial charge >= 0.3 is 0 Å². The van der Waals surface area contributed by atoms with E-state index < -0.39 is 123 Å². The Labute approximate surface area is 373 Å². The third-order valence-corrected chi connectivity index (χ3v) is 18.5. The van der Waals surface area contributed by atoms with Crippen LogP contribution in [-0.2, 0) is 37.9 Å². The third kappa shape index (κ3) is 7.58. The lowest BCUT2D eigenvalue weighted by Gasteiger charge is -2.61. The van der Waals surface area contributed by atoms with Crippen molar-refractivity contribution in [2.45, 2.75) is 208 Å². The lowest BCUT2D eigenvalue weighted by molar-refractivity contribution is -0.390. The van der Waals surface area contributed by atoms with E-state index in [-0.39, 0.29) is 40.8 Å². The Morgan fingerprint density at radius 1 is 0.578 bits per heavy atom. The summed E-state index contributed by atoms with van der Waals surface area (Å²) in [6.07, 6.45) is -18.3. The average Bonchev–Trinajstić information content (AvgIpc) is 3.74. The lowest BCUT2D eigenvalue weighted by Crippen LogP contribution is -2.67. The van der Waals surface area contributed by atoms with Crippen molar-refractivity contribution in [3.63, 3.8) is 0 Å². The van der Waals surface area contributed by atoms with E-state index in [0.717, 1.165) is 38.5 Å². The Kier molecular flexibility index (Phi) is 13.5. The van der Waals surface area contributed by atoms with Crippen molar-refractivity contribution >= 4 is 0 Å². The summed E-state index contributed by atoms with van der Waals surface area (Å²) in [4.78, 5) is 0. The van der Waals surface area contributed by atoms with Gasteiger partial charge < -0.3 is 94.1 Å². The van der Waals surface area contributed by atoms with Crippen LogP contribution in [-0.4, -0.2) is 198 Å². The highest BCUT2D eigenvalue weighted by atomic mass is 16.8. The zero-order valence-electron chi connectivity index (χ0n) is 37.5. The molecule has 1 spiro atoms. The number of aliphatic hydroxyl groups excluding tert-OH is 11. The first-order valence-electron chi connectivity index (χ1n) is 23.9. The highest BCUT2D eigenvalue weighted by Crippen LogP contribution is 2.71. The van der Waals surface area contributed by atoms with Crippen LogP contribution in [0.1, 0.15) is 86.0 Å². The molecule has 29 atom stereocenters. The molecule has 4 aliphatic carbocycles. The molecule has 0 unspecified atom stereocenters. The van der Waals surface area contributed by atoms with Gasteiger partial charge in [0.25, 0.3) is 0 Å². The van der Waals surface area contributed by atoms with Crippen LogP contribution in [0.4, 0.5) is 0 Å². The highest BCUT2D eigenvalue weighted by molar-refractivity contribution is 5.17. The molecule has 5 heterocycles. The van der Waals surface area contributed by atoms with Crippen LogP contribution in [0.2, 0.25) is 0 Å². The second-order valence-electron chi connectivity index (χ2n) is 21.7. The van der Waals surface area contributed by atoms with E-state index >= 15 is 0 Å². The first kappa shape index (κ1) is 48.3. The van der Waals surface area contributed by atoms with Gasteiger partial charge in [0, 0.05) is 11.8 Å². The topological polar surface area (TPSA) is 296 Å². The summed E-state index contributed by atoms with van der Waals surface area (Å²) in [5, 5.41) is 118. The van der Waals surface area contributed by atoms with Crippen LogP contribution in [0, 0.1) is 52.3 Å². The molecule has 0 radical (unpaired) electrons. The minimum Gasteiger partial charge on any atom is -0.394 e. The van der Waals surface area contributed by atoms with Crippen LogP contribution < -0.4 is 0 Å². The van der Waals surface area contributed by atoms with Gasteiger partial charge in [0.1, 0.15) is 73.2 Å². The van der Waals surface area contributed by atoms with Gasteiger partial charge in [-0.15, -0.1) is 0 Å². The van der Waals surface area contributed by atoms with Crippen LogP contribution in [0.15, 0.2) is 0 Å². The SMILES string of the molecule is C[C@@H]1O[C@@H](O[C@H]2[C@H](O[C@H]3CC[C@@]4(C)[C@@H](CC[C@@H]5[C@@H]4CC[C@]4(C)[C@@H]6[C@H](C[C@@H]54)O[C@@]4(OC[C@H](C)[C@@H](O)[C@@H]4O)[C@H]6C)C3)O[C@H](CO)[C@H](O[C@@H]3O[C@H](CO)[C@@H](O)[C@H](O)[C@H]3O)[C@@H]2O)[C@H](O)[C@H](O)[C@H]1O. The molecule has 19 heteroatoms. The molecule has 9 fully saturated rings. The van der Waals surface area contributed by atoms with E-state index in [2.05, 4.69) is 20.8 Å². The second kappa shape index (κ2) is 17.9. The van der Waals surface area contributed by atoms with Gasteiger partial charge in [0.2, 0.25) is 0 Å². The van der Waals surface area contributed by atoms with Gasteiger partial charge in [-0.2, -0.15) is 0 Å². The summed E-state index contributed by atoms with van der Waals surface area (Å²) in [6, 6.07) is 0. The Hall–Kier alpha value is -0.760. The van der Waals surface area contributed by atoms with Gasteiger partial charge in [0.15, 0.2) is 24.7 Å². The molecule has 0 aromatic heterocycles. The maximum Gasteiger partial charge on any atom is 0.200 e. The minimum atomic E-state index is -1.83. The predicted molar refractivity (Wildman–Crippen MR) is 217 cm³/mol. The summed E-state index contributed by atoms with van der Waals surface area (Å²) < 4.78 is 49.5. The fourth-order valence-corrected chi connectivity index (χ4v) is 14.7. The quantitative estimate of drug-likeness (QED) is 0.120. The molecule has 9 aliphatic rings. The number of fused-ring (bicyclic) bond motifs is 7. The van der Waals surface area contributed by atoms with Crippen molar-refractivity contribution < 1.29 is 94.1 Å². The summed E-state index contributed by atoms with van der Waals surface area (Å²) >= 11 is 0. The summed E-state index contributed by atoms with van der Waals surface area (Å²) in [5.74, 6) is 0.461. The Morgan fingerprint density at radius 2 is 1.22 bits per heavy atom. The van der Waals surface area contributed by atoms with E-state index in [0.29, 0.717) is 43.1 Å². The molecule has 5 saturated heterocycles. The molecule has 19 nitrogen and oxygen atoms in total. The van der Waals surface area contributed by atoms with Crippen molar-refractivity contribution in [3.05, 3.63) is 0 Å². The van der Waals surface area contributed by atoms with E-state index in [4.69, 9.17) is 37.9 Å². The maximum atomic E-state index is 12.0. The smallest absolute Gasteiger partial charge is 0.200 e. The van der Waals surface area contributed by atoms with E-state index in [9.17, 15) is 56.2 Å². The molecule has 64 heavy (non-hydrogen) atoms. The number of aliphatic hydroxyl groups is 11. The molecule has 0 bridgehead atoms. The van der Waals surface area contributed by atoms with Crippen molar-refractivity contribution in [2.75, 3.05) is 19.8 Å². The molecule has 0 aromatic rings. The fraction of sp³-hybridized carbons (Fsp3) is 1.00. The lowest BCUT2D eigenvalue weighted by atomic mass is 9.44. The highest BCUT2D eigenvalue weighted by Gasteiger charge is 2.72. The Balaban J connectivity index is 0.900. The second-order valence-corrected chi connectivity index (χ2v) is 21.7. The van der Waals surface area contributed by atoms with Crippen molar-refractivity contribution in [1.29, 1.82) is 0 Å². The van der Waals surface area contributed by atoms with Crippen molar-refractivity contribution in [2.24, 2.45) is 52.3 Å². The van der Waals surface area contributed by atoms with Gasteiger partial charge in [-0.25, -0.2) is 0 Å². The standard InChI is InChI=1S/C45H74O19/c1-17-16-57-45(39(56)29(17)48)18(2)28-25(64-45)13-24-22-7-6-20-12-21(8-10-43(20,4)23(22)9-11-44(24,28)5)59-42-38(63-40-34(53)32(51)30(49)19(3)58-40)36(55)37(27(15-47)61-42)62-41-35(54)33(52)31(50)26(14-46)60-41/h17-42,46-56H,6-16H2,1-5H3/t17-,18-,19-,20-,21-,22+,23-,24-,25-,26+,27+,28-,29+,30-,31+,32+,33-,34+,35+,36-,37-,38+,39-,40-,41-,42+,43-,44-,45-/m0/s1. The average molecular weight is 919 g/mol. The molecule has 4 saturated carbocycles. The van der Waals surface area contributed by atoms with Gasteiger partial charge in [0.05, 0.1) is 44.2 Å². The zero-order chi connectivity index (χ0) is 45.9. The molecule has 368 valence electrons. The molecule has 11 N–H and O–H groups in total. The molecule has 0 amide bonds. The maximum absolute atomic E-state index is 12.0. The van der Waals surface area contributed by atoms with Gasteiger partial charge in [-0.05, 0) is 98.7 Å². The van der Waals surface area contributed by atoms with Crippen LogP contribution >= 0.6 is 0 Å². The molecular formula is C45H74O19. The number of rotatable bonds is 8. The normalized spacial score (nSPS) is 59.8. The molecular weight excluding hydrogens is 844 g/mol. The first-order valence-corrected chi connectivity index (χ1v) is 23.9. The zero-order valence-corrected chi connectivity index (χ0v) is 37.5. The van der Waals surface area contributed by atoms with E-state index in [1.165, 1.54) is 6.92 Å². The summed E-state index contributed by atoms with van der Waals surface area (Å²) in [6.45, 7) is 9.25. The predicted octanol–water partition coefficient (Wildman–Crippen LogP) is -1.76. The summed E-state index contributed by atoms with van der Waals surface area (Å²) in [7, 11) is 0. The van der Waals surface area contributed by atoms with Crippen LogP contribution in [0.25, 0.3) is 0 Å². The third-order valence-electron chi connectivity index (χ3n) is 18.5. The summed E-state index contributed by atoms with van der Waals surface area (Å²) in [5.41, 5.74) is 0.0189. The number of ether oxygens (including phenoxy) is 8. The molecule has 0 aromatic carbocycles. The van der Waals surface area contributed by atoms with Crippen molar-refractivity contribution in [1.82, 2.24) is 0 Å². The van der Waals surface area contributed by atoms with E-state index in [1.807, 2.05) is 6.92 Å². The number of hydrogen-bond donors (Lipinski definition) is 11. The largest absolute Gasteiger partial charge is 0.394 e. The minimum absolute atomic E-state index is 0.00130. The first-order chi connectivity index (χ1) is 30.3. The fourth-order valence-electron chi connectivity index (χ4n) is 14.7. The van der Waals surface area contributed by atoms with Crippen molar-refractivity contribution in [3.8, 4) is 0 Å². The Morgan fingerprint density at radius 3 is 1.92 bits per heavy atom. The van der Waals surface area contributed by atoms with Gasteiger partial charge in [-0.1, -0.05) is 27.7 Å². The number of hydrogen-bond acceptors (Lipinski definition) is 19. The van der Waals surface area contributed by atoms with E-state index in [1.54, 1.807) is 0 Å².